The summed E-state index contributed by atoms with van der Waals surface area (Å²) in [7, 11) is 0. The van der Waals surface area contributed by atoms with Crippen LogP contribution in [0.15, 0.2) is 24.3 Å². The van der Waals surface area contributed by atoms with E-state index in [-0.39, 0.29) is 16.5 Å². The second-order valence-electron chi connectivity index (χ2n) is 5.96. The van der Waals surface area contributed by atoms with E-state index in [2.05, 4.69) is 73.5 Å². The number of benzene rings is 1. The van der Waals surface area contributed by atoms with Crippen molar-refractivity contribution in [1.29, 1.82) is 0 Å². The first kappa shape index (κ1) is 21.8. The summed E-state index contributed by atoms with van der Waals surface area (Å²) >= 11 is 2.47. The van der Waals surface area contributed by atoms with E-state index in [1.165, 1.54) is 49.9 Å². The number of hydrogen-bond acceptors (Lipinski definition) is 0. The first-order valence-electron chi connectivity index (χ1n) is 8.10. The molecule has 0 saturated carbocycles. The normalized spacial score (nSPS) is 12.3. The van der Waals surface area contributed by atoms with Gasteiger partial charge < -0.3 is 12.4 Å². The van der Waals surface area contributed by atoms with Gasteiger partial charge in [-0.3, -0.25) is 4.48 Å². The van der Waals surface area contributed by atoms with Crippen molar-refractivity contribution in [3.8, 4) is 12.3 Å². The zero-order valence-corrected chi connectivity index (χ0v) is 17.0. The maximum atomic E-state index is 5.82. The fourth-order valence-corrected chi connectivity index (χ4v) is 3.56. The minimum absolute atomic E-state index is 0. The van der Waals surface area contributed by atoms with Crippen molar-refractivity contribution >= 4 is 22.6 Å². The molecule has 1 aromatic rings. The summed E-state index contributed by atoms with van der Waals surface area (Å²) in [6, 6.07) is 8.74. The predicted molar refractivity (Wildman–Crippen MR) is 101 cm³/mol. The molecule has 1 nitrogen and oxygen atoms in total. The van der Waals surface area contributed by atoms with E-state index in [1.54, 1.807) is 0 Å². The Morgan fingerprint density at radius 1 is 1.14 bits per heavy atom. The van der Waals surface area contributed by atoms with Crippen LogP contribution in [0.25, 0.3) is 0 Å². The number of aryl methyl sites for hydroxylation is 1. The van der Waals surface area contributed by atoms with Crippen LogP contribution in [0.1, 0.15) is 50.7 Å². The monoisotopic (exact) mass is 433 g/mol. The van der Waals surface area contributed by atoms with Gasteiger partial charge in [-0.1, -0.05) is 51.0 Å². The Kier molecular flexibility index (Phi) is 11.2. The number of unbranched alkanes of at least 4 members (excludes halogenated alkanes) is 2. The number of rotatable bonds is 9. The van der Waals surface area contributed by atoms with Crippen molar-refractivity contribution in [2.24, 2.45) is 0 Å². The Balaban J connectivity index is 0.00000441. The maximum Gasteiger partial charge on any atom is 0.200 e. The van der Waals surface area contributed by atoms with Gasteiger partial charge in [-0.05, 0) is 31.2 Å². The third-order valence-electron chi connectivity index (χ3n) is 4.28. The molecule has 3 heteroatoms. The molecule has 1 aromatic carbocycles. The molecule has 0 aliphatic carbocycles. The fraction of sp³-hybridized carbons (Fsp3) is 0.579. The van der Waals surface area contributed by atoms with Crippen molar-refractivity contribution < 1.29 is 16.9 Å². The van der Waals surface area contributed by atoms with Crippen LogP contribution in [0.2, 0.25) is 0 Å². The minimum atomic E-state index is 0. The lowest BCUT2D eigenvalue weighted by molar-refractivity contribution is -0.940. The van der Waals surface area contributed by atoms with Gasteiger partial charge >= 0.3 is 0 Å². The quantitative estimate of drug-likeness (QED) is 0.184. The van der Waals surface area contributed by atoms with Crippen LogP contribution in [0.3, 0.4) is 0 Å². The molecule has 0 aliphatic rings. The lowest BCUT2D eigenvalue weighted by atomic mass is 10.1. The Labute approximate surface area is 157 Å². The van der Waals surface area contributed by atoms with Crippen LogP contribution in [0.5, 0.6) is 0 Å². The Morgan fingerprint density at radius 2 is 1.68 bits per heavy atom. The lowest BCUT2D eigenvalue weighted by Crippen LogP contribution is -3.00. The molecular weight excluding hydrogens is 405 g/mol. The van der Waals surface area contributed by atoms with Crippen molar-refractivity contribution in [1.82, 2.24) is 0 Å². The van der Waals surface area contributed by atoms with Gasteiger partial charge in [0.05, 0.1) is 13.1 Å². The van der Waals surface area contributed by atoms with Gasteiger partial charge in [-0.15, -0.1) is 6.42 Å². The van der Waals surface area contributed by atoms with Crippen molar-refractivity contribution in [2.45, 2.75) is 57.0 Å². The SMILES string of the molecule is C#CC(I)[N+](CCCC)(CCCC)Cc1ccccc1C.[Cl-]. The van der Waals surface area contributed by atoms with Gasteiger partial charge in [-0.25, -0.2) is 0 Å². The van der Waals surface area contributed by atoms with E-state index in [9.17, 15) is 0 Å². The Morgan fingerprint density at radius 3 is 2.14 bits per heavy atom. The first-order valence-corrected chi connectivity index (χ1v) is 9.34. The molecule has 1 unspecified atom stereocenters. The van der Waals surface area contributed by atoms with Crippen LogP contribution in [0.4, 0.5) is 0 Å². The molecule has 124 valence electrons. The van der Waals surface area contributed by atoms with E-state index in [0.717, 1.165) is 11.0 Å². The third-order valence-corrected chi connectivity index (χ3v) is 5.82. The van der Waals surface area contributed by atoms with E-state index in [4.69, 9.17) is 6.42 Å². The van der Waals surface area contributed by atoms with Crippen molar-refractivity contribution in [3.05, 3.63) is 35.4 Å². The van der Waals surface area contributed by atoms with Crippen LogP contribution < -0.4 is 12.4 Å². The number of terminal acetylenes is 1. The molecule has 0 spiro atoms. The molecule has 0 heterocycles. The molecule has 22 heavy (non-hydrogen) atoms. The van der Waals surface area contributed by atoms with Crippen LogP contribution in [0, 0.1) is 19.3 Å². The number of quaternary nitrogens is 1. The molecule has 0 radical (unpaired) electrons. The topological polar surface area (TPSA) is 0 Å². The predicted octanol–water partition coefficient (Wildman–Crippen LogP) is 2.31. The zero-order chi connectivity index (χ0) is 15.7. The summed E-state index contributed by atoms with van der Waals surface area (Å²) in [5.74, 6) is 3.02. The molecule has 1 rings (SSSR count). The summed E-state index contributed by atoms with van der Waals surface area (Å²) in [5, 5.41) is 0. The molecule has 0 fully saturated rings. The van der Waals surface area contributed by atoms with Gasteiger partial charge in [0, 0.05) is 28.2 Å². The summed E-state index contributed by atoms with van der Waals surface area (Å²) < 4.78 is 1.28. The Hall–Kier alpha value is -0.240. The number of hydrogen-bond donors (Lipinski definition) is 0. The molecule has 0 amide bonds. The van der Waals surface area contributed by atoms with E-state index < -0.39 is 0 Å². The second kappa shape index (κ2) is 11.3. The smallest absolute Gasteiger partial charge is 0.200 e. The van der Waals surface area contributed by atoms with Crippen molar-refractivity contribution in [2.75, 3.05) is 13.1 Å². The summed E-state index contributed by atoms with van der Waals surface area (Å²) in [5.41, 5.74) is 2.83. The average Bonchev–Trinajstić information content (AvgIpc) is 2.51. The number of alkyl halides is 1. The average molecular weight is 434 g/mol. The van der Waals surface area contributed by atoms with Crippen LogP contribution >= 0.6 is 22.6 Å². The van der Waals surface area contributed by atoms with Gasteiger partial charge in [-0.2, -0.15) is 0 Å². The highest BCUT2D eigenvalue weighted by molar-refractivity contribution is 14.1. The van der Waals surface area contributed by atoms with Gasteiger partial charge in [0.25, 0.3) is 0 Å². The fourth-order valence-electron chi connectivity index (χ4n) is 2.81. The summed E-state index contributed by atoms with van der Waals surface area (Å²) in [6.07, 6.45) is 10.8. The van der Waals surface area contributed by atoms with Gasteiger partial charge in [0.2, 0.25) is 4.05 Å². The molecule has 0 bridgehead atoms. The number of halogens is 2. The third kappa shape index (κ3) is 6.10. The molecule has 1 atom stereocenters. The van der Waals surface area contributed by atoms with E-state index >= 15 is 0 Å². The van der Waals surface area contributed by atoms with Crippen LogP contribution in [-0.2, 0) is 6.54 Å². The maximum absolute atomic E-state index is 5.82. The molecule has 0 N–H and O–H groups in total. The van der Waals surface area contributed by atoms with E-state index in [0.29, 0.717) is 0 Å². The van der Waals surface area contributed by atoms with E-state index in [1.807, 2.05) is 0 Å². The van der Waals surface area contributed by atoms with Gasteiger partial charge in [0.1, 0.15) is 6.54 Å². The Bertz CT molecular complexity index is 459. The summed E-state index contributed by atoms with van der Waals surface area (Å²) in [4.78, 5) is 0. The zero-order valence-electron chi connectivity index (χ0n) is 14.1. The van der Waals surface area contributed by atoms with Gasteiger partial charge in [0.15, 0.2) is 0 Å². The molecule has 0 aromatic heterocycles. The van der Waals surface area contributed by atoms with Crippen LogP contribution in [-0.4, -0.2) is 21.6 Å². The lowest BCUT2D eigenvalue weighted by Gasteiger charge is -2.41. The largest absolute Gasteiger partial charge is 1.00 e. The second-order valence-corrected chi connectivity index (χ2v) is 7.14. The number of nitrogens with zero attached hydrogens (tertiary/aromatic N) is 1. The molecule has 0 aliphatic heterocycles. The highest BCUT2D eigenvalue weighted by atomic mass is 127. The first-order chi connectivity index (χ1) is 10.1. The highest BCUT2D eigenvalue weighted by Gasteiger charge is 2.33. The highest BCUT2D eigenvalue weighted by Crippen LogP contribution is 2.27. The summed E-state index contributed by atoms with van der Waals surface area (Å²) in [6.45, 7) is 10.2. The molecular formula is C19H29ClIN. The molecule has 0 saturated heterocycles. The minimum Gasteiger partial charge on any atom is -1.00 e. The standard InChI is InChI=1S/C19H29IN.ClH/c1-5-8-14-21(15-9-6-2,19(20)7-3)16-18-13-11-10-12-17(18)4;/h3,10-13,19H,5-6,8-9,14-16H2,1-2,4H3;1H/q+1;/p-1. The van der Waals surface area contributed by atoms with Crippen molar-refractivity contribution in [3.63, 3.8) is 0 Å².